The van der Waals surface area contributed by atoms with E-state index in [9.17, 15) is 0 Å². The first kappa shape index (κ1) is 13.3. The van der Waals surface area contributed by atoms with Gasteiger partial charge in [-0.3, -0.25) is 0 Å². The largest absolute Gasteiger partial charge is 0.497 e. The smallest absolute Gasteiger partial charge is 0.198 e. The molecule has 2 aromatic rings. The van der Waals surface area contributed by atoms with Crippen LogP contribution < -0.4 is 15.4 Å². The zero-order valence-electron chi connectivity index (χ0n) is 11.1. The van der Waals surface area contributed by atoms with Gasteiger partial charge in [-0.15, -0.1) is 0 Å². The first-order chi connectivity index (χ1) is 9.76. The van der Waals surface area contributed by atoms with Crippen LogP contribution >= 0.6 is 15.9 Å². The van der Waals surface area contributed by atoms with Crippen molar-refractivity contribution in [2.75, 3.05) is 19.0 Å². The standard InChI is InChI=1S/C14H15BrN4O/c1-20-10-4-2-9(3-5-10)17-13-11-8-16-7-6-12(11)18-14(15)19-13/h2-5,16H,6-8H2,1H3,(H,17,18,19). The molecule has 0 atom stereocenters. The van der Waals surface area contributed by atoms with Crippen LogP contribution in [0.15, 0.2) is 29.0 Å². The van der Waals surface area contributed by atoms with E-state index in [2.05, 4.69) is 36.5 Å². The van der Waals surface area contributed by atoms with Gasteiger partial charge in [-0.05, 0) is 40.2 Å². The average molecular weight is 335 g/mol. The number of hydrogen-bond donors (Lipinski definition) is 2. The predicted octanol–water partition coefficient (Wildman–Crippen LogP) is 2.64. The van der Waals surface area contributed by atoms with Crippen molar-refractivity contribution in [1.29, 1.82) is 0 Å². The molecule has 5 nitrogen and oxygen atoms in total. The molecular formula is C14H15BrN4O. The number of hydrogen-bond acceptors (Lipinski definition) is 5. The first-order valence-electron chi connectivity index (χ1n) is 6.43. The summed E-state index contributed by atoms with van der Waals surface area (Å²) in [6, 6.07) is 7.78. The second kappa shape index (κ2) is 5.76. The fourth-order valence-electron chi connectivity index (χ4n) is 2.23. The van der Waals surface area contributed by atoms with Gasteiger partial charge in [-0.25, -0.2) is 9.97 Å². The van der Waals surface area contributed by atoms with Crippen LogP contribution in [0.4, 0.5) is 11.5 Å². The normalized spacial score (nSPS) is 13.7. The van der Waals surface area contributed by atoms with Crippen molar-refractivity contribution in [1.82, 2.24) is 15.3 Å². The van der Waals surface area contributed by atoms with Crippen molar-refractivity contribution >= 4 is 27.4 Å². The topological polar surface area (TPSA) is 59.1 Å². The number of nitrogens with one attached hydrogen (secondary N) is 2. The Balaban J connectivity index is 1.91. The molecule has 0 unspecified atom stereocenters. The molecule has 1 aliphatic rings. The molecule has 1 aliphatic heterocycles. The fourth-order valence-corrected chi connectivity index (χ4v) is 2.62. The van der Waals surface area contributed by atoms with Crippen molar-refractivity contribution in [3.8, 4) is 5.75 Å². The third-order valence-corrected chi connectivity index (χ3v) is 3.61. The minimum absolute atomic E-state index is 0.620. The van der Waals surface area contributed by atoms with Crippen LogP contribution in [0.1, 0.15) is 11.3 Å². The van der Waals surface area contributed by atoms with E-state index in [-0.39, 0.29) is 0 Å². The molecule has 0 bridgehead atoms. The van der Waals surface area contributed by atoms with Gasteiger partial charge in [0.15, 0.2) is 4.73 Å². The molecule has 20 heavy (non-hydrogen) atoms. The summed E-state index contributed by atoms with van der Waals surface area (Å²) in [5.74, 6) is 1.68. The Morgan fingerprint density at radius 3 is 2.80 bits per heavy atom. The van der Waals surface area contributed by atoms with Gasteiger partial charge in [0.2, 0.25) is 0 Å². The van der Waals surface area contributed by atoms with Crippen LogP contribution in [-0.2, 0) is 13.0 Å². The molecule has 6 heteroatoms. The molecule has 0 saturated heterocycles. The number of fused-ring (bicyclic) bond motifs is 1. The van der Waals surface area contributed by atoms with Gasteiger partial charge in [0.1, 0.15) is 11.6 Å². The summed E-state index contributed by atoms with van der Waals surface area (Å²) in [5.41, 5.74) is 3.21. The van der Waals surface area contributed by atoms with E-state index in [4.69, 9.17) is 4.74 Å². The van der Waals surface area contributed by atoms with Gasteiger partial charge >= 0.3 is 0 Å². The van der Waals surface area contributed by atoms with Crippen LogP contribution in [0.25, 0.3) is 0 Å². The molecule has 3 rings (SSSR count). The molecule has 0 aliphatic carbocycles. The van der Waals surface area contributed by atoms with E-state index in [1.54, 1.807) is 7.11 Å². The zero-order valence-corrected chi connectivity index (χ0v) is 12.7. The quantitative estimate of drug-likeness (QED) is 0.845. The van der Waals surface area contributed by atoms with Crippen molar-refractivity contribution in [3.05, 3.63) is 40.3 Å². The molecule has 0 radical (unpaired) electrons. The SMILES string of the molecule is COc1ccc(Nc2nc(Br)nc3c2CNCC3)cc1. The number of benzene rings is 1. The molecule has 1 aromatic heterocycles. The predicted molar refractivity (Wildman–Crippen MR) is 81.4 cm³/mol. The number of halogens is 1. The van der Waals surface area contributed by atoms with E-state index < -0.39 is 0 Å². The Morgan fingerprint density at radius 2 is 2.05 bits per heavy atom. The van der Waals surface area contributed by atoms with Crippen LogP contribution in [0.2, 0.25) is 0 Å². The molecular weight excluding hydrogens is 320 g/mol. The molecule has 104 valence electrons. The highest BCUT2D eigenvalue weighted by Crippen LogP contribution is 2.26. The first-order valence-corrected chi connectivity index (χ1v) is 7.22. The molecule has 0 saturated carbocycles. The molecule has 2 heterocycles. The molecule has 0 spiro atoms. The lowest BCUT2D eigenvalue weighted by Gasteiger charge is -2.19. The van der Waals surface area contributed by atoms with Crippen LogP contribution in [0.3, 0.4) is 0 Å². The van der Waals surface area contributed by atoms with Crippen molar-refractivity contribution < 1.29 is 4.74 Å². The number of nitrogens with zero attached hydrogens (tertiary/aromatic N) is 2. The summed E-state index contributed by atoms with van der Waals surface area (Å²) in [6.45, 7) is 1.75. The summed E-state index contributed by atoms with van der Waals surface area (Å²) in [7, 11) is 1.66. The Labute approximate surface area is 125 Å². The number of aromatic nitrogens is 2. The van der Waals surface area contributed by atoms with Crippen LogP contribution in [0, 0.1) is 0 Å². The number of anilines is 2. The summed E-state index contributed by atoms with van der Waals surface area (Å²) >= 11 is 3.37. The maximum Gasteiger partial charge on any atom is 0.198 e. The fraction of sp³-hybridized carbons (Fsp3) is 0.286. The molecule has 1 aromatic carbocycles. The maximum absolute atomic E-state index is 5.16. The zero-order chi connectivity index (χ0) is 13.9. The Morgan fingerprint density at radius 1 is 1.25 bits per heavy atom. The number of rotatable bonds is 3. The van der Waals surface area contributed by atoms with Gasteiger partial charge in [0, 0.05) is 30.8 Å². The van der Waals surface area contributed by atoms with Crippen molar-refractivity contribution in [2.45, 2.75) is 13.0 Å². The highest BCUT2D eigenvalue weighted by Gasteiger charge is 2.16. The third kappa shape index (κ3) is 2.76. The van der Waals surface area contributed by atoms with Crippen LogP contribution in [-0.4, -0.2) is 23.6 Å². The highest BCUT2D eigenvalue weighted by atomic mass is 79.9. The monoisotopic (exact) mass is 334 g/mol. The summed E-state index contributed by atoms with van der Waals surface area (Å²) in [5, 5.41) is 6.70. The highest BCUT2D eigenvalue weighted by molar-refractivity contribution is 9.10. The second-order valence-electron chi connectivity index (χ2n) is 4.55. The van der Waals surface area contributed by atoms with Gasteiger partial charge in [-0.2, -0.15) is 0 Å². The lowest BCUT2D eigenvalue weighted by molar-refractivity contribution is 0.415. The van der Waals surface area contributed by atoms with Gasteiger partial charge in [0.25, 0.3) is 0 Å². The Kier molecular flexibility index (Phi) is 3.84. The summed E-state index contributed by atoms with van der Waals surface area (Å²) in [6.07, 6.45) is 0.924. The van der Waals surface area contributed by atoms with E-state index in [1.807, 2.05) is 24.3 Å². The van der Waals surface area contributed by atoms with Crippen molar-refractivity contribution in [2.24, 2.45) is 0 Å². The lowest BCUT2D eigenvalue weighted by Crippen LogP contribution is -2.26. The van der Waals surface area contributed by atoms with E-state index in [0.717, 1.165) is 48.0 Å². The van der Waals surface area contributed by atoms with E-state index >= 15 is 0 Å². The Bertz CT molecular complexity index is 615. The van der Waals surface area contributed by atoms with Gasteiger partial charge < -0.3 is 15.4 Å². The van der Waals surface area contributed by atoms with E-state index in [1.165, 1.54) is 0 Å². The minimum Gasteiger partial charge on any atom is -0.497 e. The minimum atomic E-state index is 0.620. The maximum atomic E-state index is 5.16. The summed E-state index contributed by atoms with van der Waals surface area (Å²) in [4.78, 5) is 8.90. The molecule has 2 N–H and O–H groups in total. The third-order valence-electron chi connectivity index (χ3n) is 3.26. The van der Waals surface area contributed by atoms with Crippen molar-refractivity contribution in [3.63, 3.8) is 0 Å². The molecule has 0 amide bonds. The van der Waals surface area contributed by atoms with E-state index in [0.29, 0.717) is 4.73 Å². The van der Waals surface area contributed by atoms with Crippen LogP contribution in [0.5, 0.6) is 5.75 Å². The van der Waals surface area contributed by atoms with Gasteiger partial charge in [-0.1, -0.05) is 0 Å². The average Bonchev–Trinajstić information content (AvgIpc) is 2.48. The second-order valence-corrected chi connectivity index (χ2v) is 5.26. The van der Waals surface area contributed by atoms with Gasteiger partial charge in [0.05, 0.1) is 12.8 Å². The number of ether oxygens (including phenoxy) is 1. The summed E-state index contributed by atoms with van der Waals surface area (Å²) < 4.78 is 5.78. The number of methoxy groups -OCH3 is 1. The molecule has 0 fully saturated rings. The lowest BCUT2D eigenvalue weighted by atomic mass is 10.1. The Hall–Kier alpha value is -1.66.